The second kappa shape index (κ2) is 5.75. The van der Waals surface area contributed by atoms with Gasteiger partial charge in [0, 0.05) is 17.6 Å². The highest BCUT2D eigenvalue weighted by Crippen LogP contribution is 2.30. The van der Waals surface area contributed by atoms with Gasteiger partial charge in [-0.15, -0.1) is 11.3 Å². The second-order valence-electron chi connectivity index (χ2n) is 4.66. The Bertz CT molecular complexity index is 324. The molecule has 3 nitrogen and oxygen atoms in total. The Morgan fingerprint density at radius 1 is 1.50 bits per heavy atom. The number of aryl methyl sites for hydroxylation is 1. The quantitative estimate of drug-likeness (QED) is 0.825. The van der Waals surface area contributed by atoms with Crippen LogP contribution in [0.4, 0.5) is 0 Å². The normalized spacial score (nSPS) is 25.1. The number of hydrogen-bond donors (Lipinski definition) is 2. The zero-order chi connectivity index (χ0) is 11.4. The molecule has 4 heteroatoms. The van der Waals surface area contributed by atoms with E-state index in [9.17, 15) is 0 Å². The van der Waals surface area contributed by atoms with E-state index < -0.39 is 0 Å². The number of thiazole rings is 1. The molecule has 1 heterocycles. The molecule has 0 aromatic carbocycles. The van der Waals surface area contributed by atoms with Gasteiger partial charge in [-0.2, -0.15) is 0 Å². The molecule has 2 unspecified atom stereocenters. The predicted molar refractivity (Wildman–Crippen MR) is 68.4 cm³/mol. The Morgan fingerprint density at radius 2 is 2.31 bits per heavy atom. The number of nitrogens with zero attached hydrogens (tertiary/aromatic N) is 1. The number of rotatable bonds is 5. The van der Waals surface area contributed by atoms with Crippen LogP contribution in [0.5, 0.6) is 0 Å². The van der Waals surface area contributed by atoms with E-state index in [0.717, 1.165) is 36.5 Å². The van der Waals surface area contributed by atoms with Crippen molar-refractivity contribution in [1.82, 2.24) is 10.3 Å². The first-order chi connectivity index (χ1) is 7.79. The lowest BCUT2D eigenvalue weighted by Crippen LogP contribution is -2.28. The molecule has 1 aromatic heterocycles. The Balaban J connectivity index is 1.71. The van der Waals surface area contributed by atoms with Crippen LogP contribution < -0.4 is 11.1 Å². The van der Waals surface area contributed by atoms with E-state index in [1.54, 1.807) is 11.3 Å². The van der Waals surface area contributed by atoms with Gasteiger partial charge in [0.1, 0.15) is 0 Å². The first kappa shape index (κ1) is 12.0. The van der Waals surface area contributed by atoms with Crippen LogP contribution in [-0.2, 0) is 6.54 Å². The Morgan fingerprint density at radius 3 is 3.00 bits per heavy atom. The van der Waals surface area contributed by atoms with Gasteiger partial charge in [0.05, 0.1) is 5.01 Å². The zero-order valence-electron chi connectivity index (χ0n) is 9.91. The molecule has 1 saturated carbocycles. The molecule has 16 heavy (non-hydrogen) atoms. The second-order valence-corrected chi connectivity index (χ2v) is 5.98. The summed E-state index contributed by atoms with van der Waals surface area (Å²) in [5, 5.41) is 4.69. The van der Waals surface area contributed by atoms with Crippen LogP contribution in [0.2, 0.25) is 0 Å². The number of nitrogens with one attached hydrogen (secondary N) is 1. The van der Waals surface area contributed by atoms with E-state index in [0.29, 0.717) is 0 Å². The smallest absolute Gasteiger partial charge is 0.0897 e. The Labute approximate surface area is 101 Å². The minimum Gasteiger partial charge on any atom is -0.330 e. The van der Waals surface area contributed by atoms with Crippen molar-refractivity contribution in [1.29, 1.82) is 0 Å². The molecule has 1 fully saturated rings. The maximum absolute atomic E-state index is 5.77. The SMILES string of the molecule is Cc1ncc(CNCC2CCCC2CN)s1. The van der Waals surface area contributed by atoms with Crippen molar-refractivity contribution in [2.75, 3.05) is 13.1 Å². The lowest BCUT2D eigenvalue weighted by atomic mass is 9.96. The van der Waals surface area contributed by atoms with Crippen molar-refractivity contribution < 1.29 is 0 Å². The van der Waals surface area contributed by atoms with Gasteiger partial charge in [0.2, 0.25) is 0 Å². The Kier molecular flexibility index (Phi) is 4.32. The molecule has 0 spiro atoms. The summed E-state index contributed by atoms with van der Waals surface area (Å²) < 4.78 is 0. The predicted octanol–water partition coefficient (Wildman–Crippen LogP) is 1.92. The van der Waals surface area contributed by atoms with Gasteiger partial charge in [-0.1, -0.05) is 6.42 Å². The minimum absolute atomic E-state index is 0.746. The van der Waals surface area contributed by atoms with E-state index in [4.69, 9.17) is 5.73 Å². The number of nitrogens with two attached hydrogens (primary N) is 1. The van der Waals surface area contributed by atoms with Crippen LogP contribution in [0.15, 0.2) is 6.20 Å². The highest BCUT2D eigenvalue weighted by molar-refractivity contribution is 7.11. The highest BCUT2D eigenvalue weighted by atomic mass is 32.1. The number of hydrogen-bond acceptors (Lipinski definition) is 4. The largest absolute Gasteiger partial charge is 0.330 e. The van der Waals surface area contributed by atoms with Crippen LogP contribution in [0.3, 0.4) is 0 Å². The molecule has 90 valence electrons. The summed E-state index contributed by atoms with van der Waals surface area (Å²) in [4.78, 5) is 5.59. The van der Waals surface area contributed by atoms with Gasteiger partial charge < -0.3 is 11.1 Å². The molecule has 1 aromatic rings. The molecule has 2 rings (SSSR count). The third-order valence-corrected chi connectivity index (χ3v) is 4.41. The van der Waals surface area contributed by atoms with Crippen LogP contribution in [0.1, 0.15) is 29.1 Å². The molecular weight excluding hydrogens is 218 g/mol. The van der Waals surface area contributed by atoms with E-state index in [2.05, 4.69) is 17.2 Å². The third-order valence-electron chi connectivity index (χ3n) is 3.49. The maximum Gasteiger partial charge on any atom is 0.0897 e. The molecule has 0 amide bonds. The fraction of sp³-hybridized carbons (Fsp3) is 0.750. The first-order valence-electron chi connectivity index (χ1n) is 6.11. The van der Waals surface area contributed by atoms with Crippen LogP contribution in [0, 0.1) is 18.8 Å². The monoisotopic (exact) mass is 239 g/mol. The van der Waals surface area contributed by atoms with E-state index in [1.807, 2.05) is 6.20 Å². The molecule has 3 N–H and O–H groups in total. The van der Waals surface area contributed by atoms with E-state index >= 15 is 0 Å². The summed E-state index contributed by atoms with van der Waals surface area (Å²) >= 11 is 1.78. The van der Waals surface area contributed by atoms with Crippen molar-refractivity contribution in [2.45, 2.75) is 32.7 Å². The molecule has 1 aliphatic rings. The van der Waals surface area contributed by atoms with Gasteiger partial charge in [0.25, 0.3) is 0 Å². The van der Waals surface area contributed by atoms with E-state index in [1.165, 1.54) is 24.1 Å². The molecular formula is C12H21N3S. The van der Waals surface area contributed by atoms with Crippen LogP contribution >= 0.6 is 11.3 Å². The summed E-state index contributed by atoms with van der Waals surface area (Å²) in [5.41, 5.74) is 5.77. The fourth-order valence-corrected chi connectivity index (χ4v) is 3.32. The lowest BCUT2D eigenvalue weighted by molar-refractivity contribution is 0.374. The van der Waals surface area contributed by atoms with Gasteiger partial charge in [-0.25, -0.2) is 4.98 Å². The highest BCUT2D eigenvalue weighted by Gasteiger charge is 2.25. The Hall–Kier alpha value is -0.450. The lowest BCUT2D eigenvalue weighted by Gasteiger charge is -2.17. The molecule has 2 atom stereocenters. The van der Waals surface area contributed by atoms with E-state index in [-0.39, 0.29) is 0 Å². The summed E-state index contributed by atoms with van der Waals surface area (Å²) in [5.74, 6) is 1.54. The van der Waals surface area contributed by atoms with Gasteiger partial charge >= 0.3 is 0 Å². The van der Waals surface area contributed by atoms with Crippen molar-refractivity contribution in [3.05, 3.63) is 16.1 Å². The zero-order valence-corrected chi connectivity index (χ0v) is 10.7. The van der Waals surface area contributed by atoms with Crippen LogP contribution in [0.25, 0.3) is 0 Å². The molecule has 0 radical (unpaired) electrons. The van der Waals surface area contributed by atoms with Crippen LogP contribution in [-0.4, -0.2) is 18.1 Å². The summed E-state index contributed by atoms with van der Waals surface area (Å²) in [6, 6.07) is 0. The summed E-state index contributed by atoms with van der Waals surface area (Å²) in [6.07, 6.45) is 6.00. The van der Waals surface area contributed by atoms with Crippen molar-refractivity contribution in [3.8, 4) is 0 Å². The summed E-state index contributed by atoms with van der Waals surface area (Å²) in [6.45, 7) is 4.97. The molecule has 0 saturated heterocycles. The average Bonchev–Trinajstić information content (AvgIpc) is 2.87. The van der Waals surface area contributed by atoms with Gasteiger partial charge in [-0.3, -0.25) is 0 Å². The minimum atomic E-state index is 0.746. The topological polar surface area (TPSA) is 50.9 Å². The van der Waals surface area contributed by atoms with Crippen molar-refractivity contribution in [2.24, 2.45) is 17.6 Å². The fourth-order valence-electron chi connectivity index (χ4n) is 2.56. The van der Waals surface area contributed by atoms with Gasteiger partial charge in [-0.05, 0) is 44.7 Å². The average molecular weight is 239 g/mol. The first-order valence-corrected chi connectivity index (χ1v) is 6.93. The summed E-state index contributed by atoms with van der Waals surface area (Å²) in [7, 11) is 0. The molecule has 1 aliphatic carbocycles. The molecule has 0 aliphatic heterocycles. The molecule has 0 bridgehead atoms. The maximum atomic E-state index is 5.77. The van der Waals surface area contributed by atoms with Crippen molar-refractivity contribution >= 4 is 11.3 Å². The third kappa shape index (κ3) is 3.03. The standard InChI is InChI=1S/C12H21N3S/c1-9-15-8-12(16-9)7-14-6-11-4-2-3-10(11)5-13/h8,10-11,14H,2-7,13H2,1H3. The van der Waals surface area contributed by atoms with Crippen molar-refractivity contribution in [3.63, 3.8) is 0 Å². The van der Waals surface area contributed by atoms with Gasteiger partial charge in [0.15, 0.2) is 0 Å². The number of aromatic nitrogens is 1.